The van der Waals surface area contributed by atoms with Gasteiger partial charge in [0, 0.05) is 24.3 Å². The maximum atomic E-state index is 10.5. The molecular weight excluding hydrogens is 627 g/mol. The Kier molecular flexibility index (Phi) is 6.45. The molecule has 8 heteroatoms. The summed E-state index contributed by atoms with van der Waals surface area (Å²) in [5.74, 6) is 0.987. The van der Waals surface area contributed by atoms with E-state index in [1.165, 1.54) is 0 Å². The standard InChI is InChI=1S/C22H15Br2IN2O3/c1-2-29-19-10-16(23)20(24)15(21(19)28)11-26-14-6-7-18-17(9-14)27-22(30-18)12-4-3-5-13(25)8-12/h3-11,28H,2H2,1H3. The molecule has 0 fully saturated rings. The number of nitrogens with zero attached hydrogens (tertiary/aromatic N) is 2. The highest BCUT2D eigenvalue weighted by Crippen LogP contribution is 2.40. The van der Waals surface area contributed by atoms with E-state index in [1.54, 1.807) is 12.3 Å². The lowest BCUT2D eigenvalue weighted by molar-refractivity contribution is 0.317. The molecule has 0 bridgehead atoms. The van der Waals surface area contributed by atoms with Gasteiger partial charge in [-0.25, -0.2) is 4.98 Å². The van der Waals surface area contributed by atoms with Crippen molar-refractivity contribution in [3.8, 4) is 23.0 Å². The summed E-state index contributed by atoms with van der Waals surface area (Å²) in [6.45, 7) is 2.31. The first-order valence-electron chi connectivity index (χ1n) is 9.00. The molecule has 0 atom stereocenters. The average Bonchev–Trinajstić information content (AvgIpc) is 3.16. The highest BCUT2D eigenvalue weighted by molar-refractivity contribution is 14.1. The van der Waals surface area contributed by atoms with Gasteiger partial charge in [0.15, 0.2) is 17.1 Å². The van der Waals surface area contributed by atoms with Crippen molar-refractivity contribution in [2.45, 2.75) is 6.92 Å². The summed E-state index contributed by atoms with van der Waals surface area (Å²) in [6.07, 6.45) is 1.59. The van der Waals surface area contributed by atoms with Crippen molar-refractivity contribution in [1.82, 2.24) is 4.98 Å². The number of halogens is 3. The summed E-state index contributed by atoms with van der Waals surface area (Å²) in [5.41, 5.74) is 3.54. The van der Waals surface area contributed by atoms with Crippen LogP contribution in [-0.4, -0.2) is 22.9 Å². The molecule has 0 saturated heterocycles. The van der Waals surface area contributed by atoms with Crippen LogP contribution in [0.25, 0.3) is 22.6 Å². The fourth-order valence-corrected chi connectivity index (χ4v) is 4.24. The van der Waals surface area contributed by atoms with E-state index in [-0.39, 0.29) is 5.75 Å². The third-order valence-corrected chi connectivity index (χ3v) is 6.96. The van der Waals surface area contributed by atoms with Gasteiger partial charge in [0.1, 0.15) is 5.52 Å². The molecule has 4 aromatic rings. The summed E-state index contributed by atoms with van der Waals surface area (Å²) in [5, 5.41) is 10.5. The Hall–Kier alpha value is -1.91. The Morgan fingerprint density at radius 2 is 2.03 bits per heavy atom. The molecule has 0 aliphatic rings. The van der Waals surface area contributed by atoms with Crippen LogP contribution in [0.2, 0.25) is 0 Å². The second-order valence-electron chi connectivity index (χ2n) is 6.31. The average molecular weight is 642 g/mol. The lowest BCUT2D eigenvalue weighted by atomic mass is 10.2. The Balaban J connectivity index is 1.69. The summed E-state index contributed by atoms with van der Waals surface area (Å²) in [7, 11) is 0. The third kappa shape index (κ3) is 4.40. The monoisotopic (exact) mass is 640 g/mol. The van der Waals surface area contributed by atoms with Crippen molar-refractivity contribution < 1.29 is 14.3 Å². The van der Waals surface area contributed by atoms with E-state index in [2.05, 4.69) is 64.4 Å². The van der Waals surface area contributed by atoms with Crippen molar-refractivity contribution in [2.75, 3.05) is 6.61 Å². The number of hydrogen-bond acceptors (Lipinski definition) is 5. The van der Waals surface area contributed by atoms with E-state index >= 15 is 0 Å². The van der Waals surface area contributed by atoms with Crippen molar-refractivity contribution >= 4 is 77.5 Å². The molecule has 152 valence electrons. The Morgan fingerprint density at radius 3 is 2.80 bits per heavy atom. The van der Waals surface area contributed by atoms with Crippen molar-refractivity contribution in [1.29, 1.82) is 0 Å². The number of aliphatic imine (C=N–C) groups is 1. The van der Waals surface area contributed by atoms with E-state index in [0.717, 1.165) is 13.6 Å². The number of aromatic nitrogens is 1. The van der Waals surface area contributed by atoms with Crippen LogP contribution in [0.4, 0.5) is 5.69 Å². The van der Waals surface area contributed by atoms with Crippen LogP contribution in [0.5, 0.6) is 11.5 Å². The van der Waals surface area contributed by atoms with Crippen LogP contribution in [-0.2, 0) is 0 Å². The first-order valence-corrected chi connectivity index (χ1v) is 11.7. The van der Waals surface area contributed by atoms with E-state index < -0.39 is 0 Å². The smallest absolute Gasteiger partial charge is 0.227 e. The molecule has 3 aromatic carbocycles. The van der Waals surface area contributed by atoms with Gasteiger partial charge >= 0.3 is 0 Å². The summed E-state index contributed by atoms with van der Waals surface area (Å²) in [4.78, 5) is 9.11. The number of phenols is 1. The number of oxazole rings is 1. The predicted molar refractivity (Wildman–Crippen MR) is 134 cm³/mol. The van der Waals surface area contributed by atoms with Crippen LogP contribution >= 0.6 is 54.5 Å². The van der Waals surface area contributed by atoms with Crippen LogP contribution in [0.3, 0.4) is 0 Å². The molecule has 4 rings (SSSR count). The van der Waals surface area contributed by atoms with Gasteiger partial charge in [-0.2, -0.15) is 0 Å². The quantitative estimate of drug-likeness (QED) is 0.181. The molecule has 1 N–H and O–H groups in total. The second kappa shape index (κ2) is 9.07. The fourth-order valence-electron chi connectivity index (χ4n) is 2.88. The molecule has 0 saturated carbocycles. The Bertz CT molecular complexity index is 1270. The van der Waals surface area contributed by atoms with Gasteiger partial charge in [-0.3, -0.25) is 4.99 Å². The topological polar surface area (TPSA) is 67.9 Å². The number of phenolic OH excluding ortho intramolecular Hbond substituents is 1. The van der Waals surface area contributed by atoms with Crippen LogP contribution < -0.4 is 4.74 Å². The largest absolute Gasteiger partial charge is 0.504 e. The van der Waals surface area contributed by atoms with Gasteiger partial charge < -0.3 is 14.3 Å². The normalized spacial score (nSPS) is 11.5. The molecule has 5 nitrogen and oxygen atoms in total. The zero-order valence-corrected chi connectivity index (χ0v) is 21.0. The first-order chi connectivity index (χ1) is 14.5. The summed E-state index contributed by atoms with van der Waals surface area (Å²) in [6, 6.07) is 15.2. The number of ether oxygens (including phenoxy) is 1. The first kappa shape index (κ1) is 21.3. The lowest BCUT2D eigenvalue weighted by Gasteiger charge is -2.11. The lowest BCUT2D eigenvalue weighted by Crippen LogP contribution is -1.95. The SMILES string of the molecule is CCOc1cc(Br)c(Br)c(C=Nc2ccc3oc(-c4cccc(I)c4)nc3c2)c1O. The summed E-state index contributed by atoms with van der Waals surface area (Å²) < 4.78 is 13.9. The van der Waals surface area contributed by atoms with E-state index in [0.29, 0.717) is 45.1 Å². The van der Waals surface area contributed by atoms with Crippen molar-refractivity contribution in [3.05, 3.63) is 66.6 Å². The van der Waals surface area contributed by atoms with E-state index in [4.69, 9.17) is 9.15 Å². The van der Waals surface area contributed by atoms with Gasteiger partial charge in [-0.1, -0.05) is 6.07 Å². The van der Waals surface area contributed by atoms with E-state index in [9.17, 15) is 5.11 Å². The number of aromatic hydroxyl groups is 1. The zero-order chi connectivity index (χ0) is 21.3. The van der Waals surface area contributed by atoms with Gasteiger partial charge in [0.05, 0.1) is 17.9 Å². The molecule has 0 spiro atoms. The molecule has 0 aliphatic carbocycles. The van der Waals surface area contributed by atoms with Crippen LogP contribution in [0.15, 0.2) is 66.9 Å². The maximum absolute atomic E-state index is 10.5. The van der Waals surface area contributed by atoms with Gasteiger partial charge in [0.2, 0.25) is 5.89 Å². The van der Waals surface area contributed by atoms with Crippen molar-refractivity contribution in [3.63, 3.8) is 0 Å². The highest BCUT2D eigenvalue weighted by atomic mass is 127. The minimum atomic E-state index is 0.0270. The maximum Gasteiger partial charge on any atom is 0.227 e. The highest BCUT2D eigenvalue weighted by Gasteiger charge is 2.15. The molecule has 0 radical (unpaired) electrons. The number of hydrogen-bond donors (Lipinski definition) is 1. The number of rotatable bonds is 5. The van der Waals surface area contributed by atoms with Gasteiger partial charge in [-0.05, 0) is 104 Å². The minimum absolute atomic E-state index is 0.0270. The minimum Gasteiger partial charge on any atom is -0.504 e. The number of fused-ring (bicyclic) bond motifs is 1. The zero-order valence-electron chi connectivity index (χ0n) is 15.7. The molecular formula is C22H15Br2IN2O3. The molecule has 0 aliphatic heterocycles. The van der Waals surface area contributed by atoms with Crippen LogP contribution in [0, 0.1) is 3.57 Å². The number of benzene rings is 3. The third-order valence-electron chi connectivity index (χ3n) is 4.28. The second-order valence-corrected chi connectivity index (χ2v) is 9.20. The molecule has 30 heavy (non-hydrogen) atoms. The molecule has 1 aromatic heterocycles. The summed E-state index contributed by atoms with van der Waals surface area (Å²) >= 11 is 9.21. The van der Waals surface area contributed by atoms with E-state index in [1.807, 2.05) is 49.4 Å². The van der Waals surface area contributed by atoms with Crippen molar-refractivity contribution in [2.24, 2.45) is 4.99 Å². The van der Waals surface area contributed by atoms with Crippen LogP contribution in [0.1, 0.15) is 12.5 Å². The van der Waals surface area contributed by atoms with Gasteiger partial charge in [0.25, 0.3) is 0 Å². The van der Waals surface area contributed by atoms with Gasteiger partial charge in [-0.15, -0.1) is 0 Å². The molecule has 0 unspecified atom stereocenters. The molecule has 0 amide bonds. The predicted octanol–water partition coefficient (Wildman–Crippen LogP) is 7.48. The fraction of sp³-hybridized carbons (Fsp3) is 0.0909. The molecule has 1 heterocycles. The Labute approximate surface area is 203 Å². The Morgan fingerprint density at radius 1 is 1.20 bits per heavy atom.